The minimum atomic E-state index is -4.60. The lowest BCUT2D eigenvalue weighted by molar-refractivity contribution is -0.136. The molecule has 2 aromatic carbocycles. The molecule has 0 radical (unpaired) electrons. The van der Waals surface area contributed by atoms with E-state index in [1.807, 2.05) is 0 Å². The number of amides is 1. The van der Waals surface area contributed by atoms with Crippen LogP contribution in [0.2, 0.25) is 0 Å². The molecule has 3 N–H and O–H groups in total. The van der Waals surface area contributed by atoms with Crippen molar-refractivity contribution in [2.24, 2.45) is 0 Å². The first-order valence-electron chi connectivity index (χ1n) is 8.71. The number of anilines is 2. The Morgan fingerprint density at radius 1 is 1.13 bits per heavy atom. The van der Waals surface area contributed by atoms with E-state index in [9.17, 15) is 18.0 Å². The number of aromatic nitrogens is 1. The first kappa shape index (κ1) is 18.5. The summed E-state index contributed by atoms with van der Waals surface area (Å²) >= 11 is 1.01. The summed E-state index contributed by atoms with van der Waals surface area (Å²) in [6.45, 7) is 0.131. The number of nitrogens with one attached hydrogen (secondary N) is 1. The van der Waals surface area contributed by atoms with Crippen molar-refractivity contribution in [2.75, 3.05) is 17.8 Å². The van der Waals surface area contributed by atoms with E-state index in [0.29, 0.717) is 27.2 Å². The molecule has 2 aromatic heterocycles. The van der Waals surface area contributed by atoms with Gasteiger partial charge in [-0.3, -0.25) is 4.79 Å². The Labute approximate surface area is 171 Å². The molecule has 4 aromatic rings. The molecule has 1 aliphatic heterocycles. The number of pyridine rings is 1. The fraction of sp³-hybridized carbons (Fsp3) is 0.100. The number of fused-ring (bicyclic) bond motifs is 3. The van der Waals surface area contributed by atoms with Crippen LogP contribution in [0, 0.1) is 0 Å². The molecule has 1 amide bonds. The fourth-order valence-corrected chi connectivity index (χ4v) is 4.26. The van der Waals surface area contributed by atoms with E-state index in [0.717, 1.165) is 22.8 Å². The molecular formula is C20H12F3N3O3S. The quantitative estimate of drug-likeness (QED) is 0.465. The van der Waals surface area contributed by atoms with Crippen LogP contribution in [0.1, 0.15) is 15.2 Å². The predicted octanol–water partition coefficient (Wildman–Crippen LogP) is 5.03. The third-order valence-electron chi connectivity index (χ3n) is 4.69. The Morgan fingerprint density at radius 2 is 1.87 bits per heavy atom. The van der Waals surface area contributed by atoms with Gasteiger partial charge < -0.3 is 20.5 Å². The molecule has 0 bridgehead atoms. The number of carbonyl (C=O) groups excluding carboxylic acids is 1. The number of carbonyl (C=O) groups is 1. The lowest BCUT2D eigenvalue weighted by Gasteiger charge is -2.13. The van der Waals surface area contributed by atoms with Crippen LogP contribution in [0.4, 0.5) is 24.5 Å². The van der Waals surface area contributed by atoms with Crippen LogP contribution in [0.3, 0.4) is 0 Å². The molecule has 152 valence electrons. The van der Waals surface area contributed by atoms with Gasteiger partial charge in [0, 0.05) is 16.8 Å². The Hall–Kier alpha value is -3.53. The maximum absolute atomic E-state index is 13.2. The predicted molar refractivity (Wildman–Crippen MR) is 107 cm³/mol. The van der Waals surface area contributed by atoms with E-state index < -0.39 is 17.6 Å². The lowest BCUT2D eigenvalue weighted by Crippen LogP contribution is -2.16. The Morgan fingerprint density at radius 3 is 2.63 bits per heavy atom. The molecule has 0 unspecified atom stereocenters. The number of thiophene rings is 1. The molecule has 0 atom stereocenters. The number of rotatable bonds is 2. The highest BCUT2D eigenvalue weighted by atomic mass is 32.1. The van der Waals surface area contributed by atoms with Gasteiger partial charge in [0.2, 0.25) is 6.79 Å². The maximum atomic E-state index is 13.2. The number of para-hydroxylation sites is 1. The van der Waals surface area contributed by atoms with Gasteiger partial charge >= 0.3 is 6.18 Å². The minimum Gasteiger partial charge on any atom is -0.454 e. The fourth-order valence-electron chi connectivity index (χ4n) is 3.28. The number of hydrogen-bond donors (Lipinski definition) is 2. The summed E-state index contributed by atoms with van der Waals surface area (Å²) in [5.74, 6) is 0.421. The van der Waals surface area contributed by atoms with Crippen molar-refractivity contribution in [3.8, 4) is 11.5 Å². The van der Waals surface area contributed by atoms with Crippen molar-refractivity contribution in [1.29, 1.82) is 0 Å². The number of benzene rings is 2. The topological polar surface area (TPSA) is 86.5 Å². The summed E-state index contributed by atoms with van der Waals surface area (Å²) in [5.41, 5.74) is 5.67. The van der Waals surface area contributed by atoms with Gasteiger partial charge in [-0.15, -0.1) is 11.3 Å². The van der Waals surface area contributed by atoms with Crippen LogP contribution in [0.25, 0.3) is 21.1 Å². The van der Waals surface area contributed by atoms with Crippen LogP contribution in [0.5, 0.6) is 11.5 Å². The summed E-state index contributed by atoms with van der Waals surface area (Å²) in [5, 5.41) is 3.60. The highest BCUT2D eigenvalue weighted by Gasteiger charge is 2.34. The molecule has 0 aliphatic carbocycles. The molecule has 10 heteroatoms. The molecule has 0 spiro atoms. The van der Waals surface area contributed by atoms with E-state index in [1.54, 1.807) is 18.2 Å². The van der Waals surface area contributed by atoms with E-state index in [2.05, 4.69) is 10.3 Å². The van der Waals surface area contributed by atoms with Crippen LogP contribution in [-0.2, 0) is 6.18 Å². The Kier molecular flexibility index (Phi) is 4.00. The van der Waals surface area contributed by atoms with Crippen molar-refractivity contribution in [3.05, 3.63) is 52.9 Å². The molecule has 30 heavy (non-hydrogen) atoms. The van der Waals surface area contributed by atoms with Crippen LogP contribution < -0.4 is 20.5 Å². The third-order valence-corrected chi connectivity index (χ3v) is 5.81. The Bertz CT molecular complexity index is 1330. The SMILES string of the molecule is Nc1c(C(=O)Nc2ccccc2C(F)(F)F)sc2nc3cc4c(cc3cc12)OCO4. The van der Waals surface area contributed by atoms with Crippen molar-refractivity contribution in [1.82, 2.24) is 4.98 Å². The Balaban J connectivity index is 1.56. The third kappa shape index (κ3) is 2.96. The lowest BCUT2D eigenvalue weighted by atomic mass is 10.1. The largest absolute Gasteiger partial charge is 0.454 e. The number of nitrogen functional groups attached to an aromatic ring is 1. The second-order valence-corrected chi connectivity index (χ2v) is 7.58. The summed E-state index contributed by atoms with van der Waals surface area (Å²) < 4.78 is 50.3. The number of halogens is 3. The molecular weight excluding hydrogens is 419 g/mol. The normalized spacial score (nSPS) is 13.2. The molecule has 6 nitrogen and oxygen atoms in total. The summed E-state index contributed by atoms with van der Waals surface area (Å²) in [6, 6.07) is 10.0. The zero-order valence-corrected chi connectivity index (χ0v) is 15.9. The molecule has 0 saturated heterocycles. The summed E-state index contributed by atoms with van der Waals surface area (Å²) in [7, 11) is 0. The minimum absolute atomic E-state index is 0.0878. The summed E-state index contributed by atoms with van der Waals surface area (Å²) in [6.07, 6.45) is -4.60. The zero-order chi connectivity index (χ0) is 21.0. The van der Waals surface area contributed by atoms with Crippen molar-refractivity contribution in [2.45, 2.75) is 6.18 Å². The highest BCUT2D eigenvalue weighted by Crippen LogP contribution is 2.40. The average molecular weight is 431 g/mol. The van der Waals surface area contributed by atoms with Gasteiger partial charge in [-0.2, -0.15) is 13.2 Å². The monoisotopic (exact) mass is 431 g/mol. The first-order chi connectivity index (χ1) is 14.3. The van der Waals surface area contributed by atoms with Gasteiger partial charge in [0.15, 0.2) is 11.5 Å². The number of alkyl halides is 3. The average Bonchev–Trinajstić information content (AvgIpc) is 3.28. The highest BCUT2D eigenvalue weighted by molar-refractivity contribution is 7.21. The molecule has 5 rings (SSSR count). The number of nitrogens with two attached hydrogens (primary N) is 1. The zero-order valence-electron chi connectivity index (χ0n) is 15.0. The van der Waals surface area contributed by atoms with Gasteiger partial charge in [-0.25, -0.2) is 4.98 Å². The van der Waals surface area contributed by atoms with Gasteiger partial charge in [-0.1, -0.05) is 12.1 Å². The second kappa shape index (κ2) is 6.49. The van der Waals surface area contributed by atoms with Crippen LogP contribution >= 0.6 is 11.3 Å². The number of nitrogens with zero attached hydrogens (tertiary/aromatic N) is 1. The van der Waals surface area contributed by atoms with Gasteiger partial charge in [0.05, 0.1) is 22.5 Å². The van der Waals surface area contributed by atoms with Crippen molar-refractivity contribution < 1.29 is 27.4 Å². The first-order valence-corrected chi connectivity index (χ1v) is 9.53. The summed E-state index contributed by atoms with van der Waals surface area (Å²) in [4.78, 5) is 17.8. The molecule has 0 fully saturated rings. The second-order valence-electron chi connectivity index (χ2n) is 6.58. The van der Waals surface area contributed by atoms with Crippen molar-refractivity contribution >= 4 is 49.7 Å². The van der Waals surface area contributed by atoms with Crippen molar-refractivity contribution in [3.63, 3.8) is 0 Å². The van der Waals surface area contributed by atoms with Gasteiger partial charge in [-0.05, 0) is 24.3 Å². The maximum Gasteiger partial charge on any atom is 0.418 e. The standard InChI is InChI=1S/C20H12F3N3O3S/c21-20(22,23)11-3-1-2-4-12(11)25-18(27)17-16(24)10-5-9-6-14-15(29-8-28-14)7-13(9)26-19(10)30-17/h1-7H,8,24H2,(H,25,27). The van der Waals surface area contributed by atoms with Crippen LogP contribution in [-0.4, -0.2) is 17.7 Å². The molecule has 1 aliphatic rings. The van der Waals surface area contributed by atoms with Crippen LogP contribution in [0.15, 0.2) is 42.5 Å². The van der Waals surface area contributed by atoms with E-state index in [1.165, 1.54) is 18.2 Å². The van der Waals surface area contributed by atoms with E-state index in [4.69, 9.17) is 15.2 Å². The smallest absolute Gasteiger partial charge is 0.418 e. The van der Waals surface area contributed by atoms with Gasteiger partial charge in [0.1, 0.15) is 9.71 Å². The number of ether oxygens (including phenoxy) is 2. The van der Waals surface area contributed by atoms with E-state index in [-0.39, 0.29) is 23.0 Å². The molecule has 3 heterocycles. The van der Waals surface area contributed by atoms with Gasteiger partial charge in [0.25, 0.3) is 5.91 Å². The molecule has 0 saturated carbocycles. The van der Waals surface area contributed by atoms with E-state index >= 15 is 0 Å². The number of hydrogen-bond acceptors (Lipinski definition) is 6.